The van der Waals surface area contributed by atoms with E-state index in [1.807, 2.05) is 24.7 Å². The SMILES string of the molecule is CCn1cc(CCC(=O)NCCOC)c(C)n1. The van der Waals surface area contributed by atoms with Crippen molar-refractivity contribution in [1.82, 2.24) is 15.1 Å². The summed E-state index contributed by atoms with van der Waals surface area (Å²) in [6.07, 6.45) is 3.25. The number of amides is 1. The molecule has 0 aliphatic rings. The van der Waals surface area contributed by atoms with E-state index < -0.39 is 0 Å². The van der Waals surface area contributed by atoms with Crippen LogP contribution in [0.2, 0.25) is 0 Å². The van der Waals surface area contributed by atoms with E-state index >= 15 is 0 Å². The number of rotatable bonds is 7. The predicted octanol–water partition coefficient (Wildman–Crippen LogP) is 0.907. The topological polar surface area (TPSA) is 56.2 Å². The third kappa shape index (κ3) is 4.56. The van der Waals surface area contributed by atoms with E-state index in [9.17, 15) is 4.79 Å². The van der Waals surface area contributed by atoms with Crippen molar-refractivity contribution in [2.24, 2.45) is 0 Å². The first-order chi connectivity index (χ1) is 8.17. The summed E-state index contributed by atoms with van der Waals surface area (Å²) >= 11 is 0. The molecule has 5 nitrogen and oxygen atoms in total. The Morgan fingerprint density at radius 2 is 2.35 bits per heavy atom. The average Bonchev–Trinajstić information content (AvgIpc) is 2.68. The maximum Gasteiger partial charge on any atom is 0.220 e. The molecule has 0 atom stereocenters. The second-order valence-corrected chi connectivity index (χ2v) is 3.94. The van der Waals surface area contributed by atoms with E-state index in [1.165, 1.54) is 0 Å². The van der Waals surface area contributed by atoms with Gasteiger partial charge in [-0.25, -0.2) is 0 Å². The maximum absolute atomic E-state index is 11.5. The number of nitrogens with zero attached hydrogens (tertiary/aromatic N) is 2. The molecule has 1 heterocycles. The first-order valence-electron chi connectivity index (χ1n) is 5.96. The van der Waals surface area contributed by atoms with E-state index in [1.54, 1.807) is 7.11 Å². The van der Waals surface area contributed by atoms with Gasteiger partial charge in [-0.2, -0.15) is 5.10 Å². The summed E-state index contributed by atoms with van der Waals surface area (Å²) in [5.74, 6) is 0.0608. The molecule has 1 aromatic heterocycles. The molecule has 96 valence electrons. The number of ether oxygens (including phenoxy) is 1. The van der Waals surface area contributed by atoms with E-state index in [0.717, 1.165) is 24.2 Å². The molecule has 0 saturated heterocycles. The largest absolute Gasteiger partial charge is 0.383 e. The molecule has 0 fully saturated rings. The zero-order valence-corrected chi connectivity index (χ0v) is 10.8. The Bertz CT molecular complexity index is 361. The molecule has 0 saturated carbocycles. The standard InChI is InChI=1S/C12H21N3O2/c1-4-15-9-11(10(2)14-15)5-6-12(16)13-7-8-17-3/h9H,4-8H2,1-3H3,(H,13,16). The van der Waals surface area contributed by atoms with Crippen LogP contribution in [0.5, 0.6) is 0 Å². The van der Waals surface area contributed by atoms with Gasteiger partial charge in [-0.15, -0.1) is 0 Å². The number of hydrogen-bond acceptors (Lipinski definition) is 3. The van der Waals surface area contributed by atoms with Crippen molar-refractivity contribution < 1.29 is 9.53 Å². The Morgan fingerprint density at radius 1 is 1.59 bits per heavy atom. The van der Waals surface area contributed by atoms with Gasteiger partial charge in [0.05, 0.1) is 12.3 Å². The zero-order valence-electron chi connectivity index (χ0n) is 10.8. The average molecular weight is 239 g/mol. The van der Waals surface area contributed by atoms with Gasteiger partial charge >= 0.3 is 0 Å². The fraction of sp³-hybridized carbons (Fsp3) is 0.667. The number of aryl methyl sites for hydroxylation is 3. The lowest BCUT2D eigenvalue weighted by Gasteiger charge is -2.03. The molecular formula is C12H21N3O2. The fourth-order valence-corrected chi connectivity index (χ4v) is 1.60. The molecule has 1 N–H and O–H groups in total. The second-order valence-electron chi connectivity index (χ2n) is 3.94. The van der Waals surface area contributed by atoms with Crippen LogP contribution < -0.4 is 5.32 Å². The van der Waals surface area contributed by atoms with Crippen molar-refractivity contribution in [3.8, 4) is 0 Å². The quantitative estimate of drug-likeness (QED) is 0.719. The highest BCUT2D eigenvalue weighted by Gasteiger charge is 2.07. The summed E-state index contributed by atoms with van der Waals surface area (Å²) in [5, 5.41) is 7.15. The predicted molar refractivity (Wildman–Crippen MR) is 65.8 cm³/mol. The summed E-state index contributed by atoms with van der Waals surface area (Å²) < 4.78 is 6.76. The van der Waals surface area contributed by atoms with Crippen molar-refractivity contribution in [2.45, 2.75) is 33.2 Å². The van der Waals surface area contributed by atoms with Crippen LogP contribution in [0.4, 0.5) is 0 Å². The van der Waals surface area contributed by atoms with Gasteiger partial charge in [0.15, 0.2) is 0 Å². The van der Waals surface area contributed by atoms with Gasteiger partial charge in [0.1, 0.15) is 0 Å². The van der Waals surface area contributed by atoms with Crippen molar-refractivity contribution >= 4 is 5.91 Å². The van der Waals surface area contributed by atoms with Crippen LogP contribution >= 0.6 is 0 Å². The summed E-state index contributed by atoms with van der Waals surface area (Å²) in [4.78, 5) is 11.5. The van der Waals surface area contributed by atoms with Crippen LogP contribution in [0.25, 0.3) is 0 Å². The monoisotopic (exact) mass is 239 g/mol. The lowest BCUT2D eigenvalue weighted by Crippen LogP contribution is -2.27. The Kier molecular flexibility index (Phi) is 5.69. The third-order valence-electron chi connectivity index (χ3n) is 2.62. The number of carbonyl (C=O) groups is 1. The minimum Gasteiger partial charge on any atom is -0.383 e. The highest BCUT2D eigenvalue weighted by atomic mass is 16.5. The summed E-state index contributed by atoms with van der Waals surface area (Å²) in [5.41, 5.74) is 2.16. The molecule has 0 aromatic carbocycles. The molecule has 1 aromatic rings. The number of hydrogen-bond donors (Lipinski definition) is 1. The zero-order chi connectivity index (χ0) is 12.7. The molecule has 0 unspecified atom stereocenters. The van der Waals surface area contributed by atoms with Crippen LogP contribution in [0.3, 0.4) is 0 Å². The van der Waals surface area contributed by atoms with Crippen molar-refractivity contribution in [1.29, 1.82) is 0 Å². The van der Waals surface area contributed by atoms with Crippen molar-refractivity contribution in [3.05, 3.63) is 17.5 Å². The lowest BCUT2D eigenvalue weighted by atomic mass is 10.1. The van der Waals surface area contributed by atoms with Crippen LogP contribution in [-0.2, 0) is 22.5 Å². The summed E-state index contributed by atoms with van der Waals surface area (Å²) in [6.45, 7) is 6.01. The molecule has 5 heteroatoms. The Morgan fingerprint density at radius 3 is 2.94 bits per heavy atom. The molecule has 1 rings (SSSR count). The molecule has 0 bridgehead atoms. The summed E-state index contributed by atoms with van der Waals surface area (Å²) in [7, 11) is 1.62. The van der Waals surface area contributed by atoms with Gasteiger partial charge in [-0.1, -0.05) is 0 Å². The molecule has 0 aliphatic heterocycles. The number of methoxy groups -OCH3 is 1. The van der Waals surface area contributed by atoms with Crippen LogP contribution in [-0.4, -0.2) is 35.9 Å². The van der Waals surface area contributed by atoms with Gasteiger partial charge in [0, 0.05) is 32.8 Å². The smallest absolute Gasteiger partial charge is 0.220 e. The van der Waals surface area contributed by atoms with Gasteiger partial charge in [-0.05, 0) is 25.8 Å². The number of nitrogens with one attached hydrogen (secondary N) is 1. The molecule has 0 aliphatic carbocycles. The molecule has 17 heavy (non-hydrogen) atoms. The lowest BCUT2D eigenvalue weighted by molar-refractivity contribution is -0.121. The molecular weight excluding hydrogens is 218 g/mol. The van der Waals surface area contributed by atoms with E-state index in [-0.39, 0.29) is 5.91 Å². The Labute approximate surface area is 102 Å². The first kappa shape index (κ1) is 13.7. The molecule has 0 radical (unpaired) electrons. The number of carbonyl (C=O) groups excluding carboxylic acids is 1. The highest BCUT2D eigenvalue weighted by Crippen LogP contribution is 2.08. The minimum absolute atomic E-state index is 0.0608. The second kappa shape index (κ2) is 7.06. The van der Waals surface area contributed by atoms with Gasteiger partial charge in [0.2, 0.25) is 5.91 Å². The van der Waals surface area contributed by atoms with Crippen LogP contribution in [0, 0.1) is 6.92 Å². The normalized spacial score (nSPS) is 10.5. The van der Waals surface area contributed by atoms with E-state index in [0.29, 0.717) is 19.6 Å². The van der Waals surface area contributed by atoms with Crippen LogP contribution in [0.1, 0.15) is 24.6 Å². The Hall–Kier alpha value is -1.36. The van der Waals surface area contributed by atoms with Crippen LogP contribution in [0.15, 0.2) is 6.20 Å². The first-order valence-corrected chi connectivity index (χ1v) is 5.96. The maximum atomic E-state index is 11.5. The molecule has 1 amide bonds. The van der Waals surface area contributed by atoms with E-state index in [2.05, 4.69) is 10.4 Å². The highest BCUT2D eigenvalue weighted by molar-refractivity contribution is 5.76. The van der Waals surface area contributed by atoms with Gasteiger partial charge in [0.25, 0.3) is 0 Å². The Balaban J connectivity index is 2.34. The van der Waals surface area contributed by atoms with Crippen molar-refractivity contribution in [3.63, 3.8) is 0 Å². The minimum atomic E-state index is 0.0608. The van der Waals surface area contributed by atoms with Gasteiger partial charge in [-0.3, -0.25) is 9.48 Å². The fourth-order valence-electron chi connectivity index (χ4n) is 1.60. The molecule has 0 spiro atoms. The van der Waals surface area contributed by atoms with Gasteiger partial charge < -0.3 is 10.1 Å². The van der Waals surface area contributed by atoms with Crippen molar-refractivity contribution in [2.75, 3.05) is 20.3 Å². The van der Waals surface area contributed by atoms with E-state index in [4.69, 9.17) is 4.74 Å². The number of aromatic nitrogens is 2. The third-order valence-corrected chi connectivity index (χ3v) is 2.62. The summed E-state index contributed by atoms with van der Waals surface area (Å²) in [6, 6.07) is 0.